The molecule has 0 aromatic carbocycles. The molecule has 1 nitrogen and oxygen atoms in total. The third-order valence-electron chi connectivity index (χ3n) is 2.84. The van der Waals surface area contributed by atoms with E-state index >= 15 is 0 Å². The van der Waals surface area contributed by atoms with Crippen molar-refractivity contribution in [3.63, 3.8) is 0 Å². The van der Waals surface area contributed by atoms with Crippen LogP contribution >= 0.6 is 11.8 Å². The summed E-state index contributed by atoms with van der Waals surface area (Å²) in [5, 5.41) is 0.383. The maximum atomic E-state index is 11.6. The van der Waals surface area contributed by atoms with Gasteiger partial charge < -0.3 is 0 Å². The minimum Gasteiger partial charge on any atom is -0.287 e. The van der Waals surface area contributed by atoms with Crippen molar-refractivity contribution in [1.82, 2.24) is 0 Å². The van der Waals surface area contributed by atoms with Crippen LogP contribution in [0, 0.1) is 5.41 Å². The van der Waals surface area contributed by atoms with Gasteiger partial charge in [-0.1, -0.05) is 71.6 Å². The fourth-order valence-electron chi connectivity index (χ4n) is 1.62. The second kappa shape index (κ2) is 9.99. The normalized spacial score (nSPS) is 11.8. The highest BCUT2D eigenvalue weighted by molar-refractivity contribution is 8.13. The maximum absolute atomic E-state index is 11.6. The zero-order valence-electron chi connectivity index (χ0n) is 12.2. The van der Waals surface area contributed by atoms with Crippen molar-refractivity contribution >= 4 is 16.9 Å². The van der Waals surface area contributed by atoms with Gasteiger partial charge in [0.2, 0.25) is 0 Å². The number of carbonyl (C=O) groups is 1. The summed E-state index contributed by atoms with van der Waals surface area (Å²) in [5.74, 6) is 1.02. The molecule has 0 aromatic heterocycles. The highest BCUT2D eigenvalue weighted by Gasteiger charge is 2.12. The molecule has 0 aliphatic heterocycles. The van der Waals surface area contributed by atoms with E-state index in [2.05, 4.69) is 27.7 Å². The topological polar surface area (TPSA) is 17.1 Å². The molecule has 0 aromatic rings. The van der Waals surface area contributed by atoms with Gasteiger partial charge in [0.15, 0.2) is 5.12 Å². The Morgan fingerprint density at radius 1 is 1.00 bits per heavy atom. The molecule has 0 aliphatic rings. The van der Waals surface area contributed by atoms with Crippen LogP contribution in [0.15, 0.2) is 0 Å². The Morgan fingerprint density at radius 3 is 2.18 bits per heavy atom. The lowest BCUT2D eigenvalue weighted by molar-refractivity contribution is -0.111. The molecule has 0 N–H and O–H groups in total. The number of thioether (sulfide) groups is 1. The lowest BCUT2D eigenvalue weighted by atomic mass is 9.91. The van der Waals surface area contributed by atoms with E-state index < -0.39 is 0 Å². The van der Waals surface area contributed by atoms with Crippen molar-refractivity contribution in [3.05, 3.63) is 0 Å². The summed E-state index contributed by atoms with van der Waals surface area (Å²) in [6.07, 6.45) is 9.61. The second-order valence-electron chi connectivity index (χ2n) is 6.05. The Morgan fingerprint density at radius 2 is 1.59 bits per heavy atom. The lowest BCUT2D eigenvalue weighted by Crippen LogP contribution is -2.07. The van der Waals surface area contributed by atoms with E-state index in [1.807, 2.05) is 0 Å². The summed E-state index contributed by atoms with van der Waals surface area (Å²) in [6, 6.07) is 0. The first-order valence-corrected chi connectivity index (χ1v) is 8.10. The summed E-state index contributed by atoms with van der Waals surface area (Å²) in [7, 11) is 0. The van der Waals surface area contributed by atoms with Crippen molar-refractivity contribution in [2.75, 3.05) is 5.75 Å². The first kappa shape index (κ1) is 17.0. The number of carbonyl (C=O) groups excluding carboxylic acids is 1. The van der Waals surface area contributed by atoms with Gasteiger partial charge in [0.1, 0.15) is 0 Å². The molecule has 0 spiro atoms. The van der Waals surface area contributed by atoms with E-state index in [4.69, 9.17) is 0 Å². The summed E-state index contributed by atoms with van der Waals surface area (Å²) >= 11 is 1.54. The van der Waals surface area contributed by atoms with E-state index in [-0.39, 0.29) is 5.41 Å². The first-order chi connectivity index (χ1) is 7.95. The van der Waals surface area contributed by atoms with Gasteiger partial charge >= 0.3 is 0 Å². The first-order valence-electron chi connectivity index (χ1n) is 7.11. The van der Waals surface area contributed by atoms with Crippen LogP contribution < -0.4 is 0 Å². The number of unbranched alkanes of at least 4 members (excludes halogenated alkanes) is 5. The molecule has 0 heterocycles. The van der Waals surface area contributed by atoms with Crippen molar-refractivity contribution in [1.29, 1.82) is 0 Å². The van der Waals surface area contributed by atoms with Gasteiger partial charge in [-0.25, -0.2) is 0 Å². The summed E-state index contributed by atoms with van der Waals surface area (Å²) in [4.78, 5) is 11.6. The van der Waals surface area contributed by atoms with Gasteiger partial charge in [-0.3, -0.25) is 4.79 Å². The van der Waals surface area contributed by atoms with Crippen molar-refractivity contribution in [3.8, 4) is 0 Å². The third kappa shape index (κ3) is 14.0. The van der Waals surface area contributed by atoms with Crippen molar-refractivity contribution in [2.45, 2.75) is 79.1 Å². The molecule has 0 saturated heterocycles. The Bertz CT molecular complexity index is 194. The van der Waals surface area contributed by atoms with Crippen LogP contribution in [-0.4, -0.2) is 10.9 Å². The van der Waals surface area contributed by atoms with Gasteiger partial charge in [0.05, 0.1) is 0 Å². The Balaban J connectivity index is 3.28. The van der Waals surface area contributed by atoms with Crippen LogP contribution in [-0.2, 0) is 4.79 Å². The number of hydrogen-bond donors (Lipinski definition) is 0. The molecule has 0 aliphatic carbocycles. The third-order valence-corrected chi connectivity index (χ3v) is 3.86. The number of hydrogen-bond acceptors (Lipinski definition) is 2. The quantitative estimate of drug-likeness (QED) is 0.513. The van der Waals surface area contributed by atoms with Crippen LogP contribution in [0.3, 0.4) is 0 Å². The molecule has 102 valence electrons. The predicted octanol–water partition coefficient (Wildman–Crippen LogP) is 5.43. The molecule has 0 amide bonds. The average Bonchev–Trinajstić information content (AvgIpc) is 2.24. The molecular formula is C15H30OS. The fraction of sp³-hybridized carbons (Fsp3) is 0.933. The molecule has 0 fully saturated rings. The largest absolute Gasteiger partial charge is 0.287 e. The minimum atomic E-state index is 0.288. The monoisotopic (exact) mass is 258 g/mol. The van der Waals surface area contributed by atoms with Crippen LogP contribution in [0.5, 0.6) is 0 Å². The molecule has 2 heteroatoms. The van der Waals surface area contributed by atoms with E-state index in [9.17, 15) is 4.79 Å². The lowest BCUT2D eigenvalue weighted by Gasteiger charge is -2.16. The molecule has 0 unspecified atom stereocenters. The zero-order valence-corrected chi connectivity index (χ0v) is 13.0. The van der Waals surface area contributed by atoms with Crippen molar-refractivity contribution < 1.29 is 4.79 Å². The van der Waals surface area contributed by atoms with Gasteiger partial charge in [0, 0.05) is 12.2 Å². The van der Waals surface area contributed by atoms with Gasteiger partial charge in [-0.05, 0) is 18.3 Å². The molecule has 0 atom stereocenters. The molecule has 0 bridgehead atoms. The van der Waals surface area contributed by atoms with E-state index in [0.717, 1.165) is 18.6 Å². The van der Waals surface area contributed by atoms with Gasteiger partial charge in [-0.2, -0.15) is 0 Å². The van der Waals surface area contributed by atoms with Gasteiger partial charge in [-0.15, -0.1) is 0 Å². The summed E-state index contributed by atoms with van der Waals surface area (Å²) < 4.78 is 0. The van der Waals surface area contributed by atoms with E-state index in [1.54, 1.807) is 11.8 Å². The number of rotatable bonds is 9. The predicted molar refractivity (Wildman–Crippen MR) is 79.5 cm³/mol. The minimum absolute atomic E-state index is 0.288. The van der Waals surface area contributed by atoms with Crippen LogP contribution in [0.2, 0.25) is 0 Å². The fourth-order valence-corrected chi connectivity index (χ4v) is 2.44. The molecular weight excluding hydrogens is 228 g/mol. The standard InChI is InChI=1S/C15H30OS/c1-5-6-7-8-9-10-13-17-14(16)11-12-15(2,3)4/h5-13H2,1-4H3. The molecule has 0 saturated carbocycles. The molecule has 0 rings (SSSR count). The van der Waals surface area contributed by atoms with E-state index in [1.165, 1.54) is 38.5 Å². The average molecular weight is 258 g/mol. The smallest absolute Gasteiger partial charge is 0.188 e. The van der Waals surface area contributed by atoms with Gasteiger partial charge in [0.25, 0.3) is 0 Å². The summed E-state index contributed by atoms with van der Waals surface area (Å²) in [6.45, 7) is 8.82. The van der Waals surface area contributed by atoms with Crippen molar-refractivity contribution in [2.24, 2.45) is 5.41 Å². The zero-order chi connectivity index (χ0) is 13.1. The molecule has 17 heavy (non-hydrogen) atoms. The Kier molecular flexibility index (Phi) is 10.0. The summed E-state index contributed by atoms with van der Waals surface area (Å²) in [5.41, 5.74) is 0.288. The SMILES string of the molecule is CCCCCCCCSC(=O)CCC(C)(C)C. The Hall–Kier alpha value is 0.0200. The van der Waals surface area contributed by atoms with E-state index in [0.29, 0.717) is 5.12 Å². The molecule has 0 radical (unpaired) electrons. The van der Waals surface area contributed by atoms with Crippen LogP contribution in [0.4, 0.5) is 0 Å². The van der Waals surface area contributed by atoms with Crippen LogP contribution in [0.25, 0.3) is 0 Å². The van der Waals surface area contributed by atoms with Crippen LogP contribution in [0.1, 0.15) is 79.1 Å². The highest BCUT2D eigenvalue weighted by atomic mass is 32.2. The maximum Gasteiger partial charge on any atom is 0.188 e. The second-order valence-corrected chi connectivity index (χ2v) is 7.20. The highest BCUT2D eigenvalue weighted by Crippen LogP contribution is 2.23. The Labute approximate surface area is 112 Å².